The number of amides is 2. The number of β-lactam (4-membered cyclic amide) rings is 1. The minimum absolute atomic E-state index is 0.115. The third kappa shape index (κ3) is 3.74. The fourth-order valence-corrected chi connectivity index (χ4v) is 5.38. The summed E-state index contributed by atoms with van der Waals surface area (Å²) in [5.74, 6) is -1.58. The summed E-state index contributed by atoms with van der Waals surface area (Å²) in [4.78, 5) is 38.4. The lowest BCUT2D eigenvalue weighted by molar-refractivity contribution is -0.160. The molecule has 1 saturated heterocycles. The van der Waals surface area contributed by atoms with Crippen LogP contribution in [0, 0.1) is 5.41 Å². The zero-order valence-corrected chi connectivity index (χ0v) is 15.8. The number of hydrogen-bond donors (Lipinski definition) is 4. The highest BCUT2D eigenvalue weighted by Crippen LogP contribution is 2.40. The van der Waals surface area contributed by atoms with E-state index in [2.05, 4.69) is 5.32 Å². The van der Waals surface area contributed by atoms with Gasteiger partial charge in [-0.25, -0.2) is 4.79 Å². The molecule has 3 rings (SSSR count). The van der Waals surface area contributed by atoms with Gasteiger partial charge in [0.1, 0.15) is 11.4 Å². The molecule has 26 heavy (non-hydrogen) atoms. The molecule has 1 fully saturated rings. The summed E-state index contributed by atoms with van der Waals surface area (Å²) in [6.07, 6.45) is 0.192. The van der Waals surface area contributed by atoms with Gasteiger partial charge in [-0.05, 0) is 22.4 Å². The SMILES string of the molecule is N=C(N)SCC1=CS[C@H]2C(NC(=O)Cc3cccs3)C(=O)N2C1C(=O)O. The summed E-state index contributed by atoms with van der Waals surface area (Å²) < 4.78 is 0. The van der Waals surface area contributed by atoms with Crippen molar-refractivity contribution in [2.45, 2.75) is 23.9 Å². The maximum Gasteiger partial charge on any atom is 0.330 e. The Bertz CT molecular complexity index is 780. The topological polar surface area (TPSA) is 137 Å². The van der Waals surface area contributed by atoms with Gasteiger partial charge in [0.05, 0.1) is 6.42 Å². The normalized spacial score (nSPS) is 24.3. The molecule has 3 atom stereocenters. The van der Waals surface area contributed by atoms with E-state index in [1.807, 2.05) is 17.5 Å². The molecule has 5 N–H and O–H groups in total. The average molecular weight is 413 g/mol. The van der Waals surface area contributed by atoms with Crippen molar-refractivity contribution in [3.8, 4) is 0 Å². The molecule has 2 aliphatic rings. The number of carbonyl (C=O) groups is 3. The number of nitrogens with zero attached hydrogens (tertiary/aromatic N) is 1. The quantitative estimate of drug-likeness (QED) is 0.306. The lowest BCUT2D eigenvalue weighted by atomic mass is 9.98. The van der Waals surface area contributed by atoms with Gasteiger partial charge in [-0.15, -0.1) is 23.1 Å². The third-order valence-corrected chi connectivity index (χ3v) is 6.81. The first-order valence-corrected chi connectivity index (χ1v) is 10.4. The second kappa shape index (κ2) is 7.72. The van der Waals surface area contributed by atoms with Crippen LogP contribution in [0.2, 0.25) is 0 Å². The third-order valence-electron chi connectivity index (χ3n) is 3.93. The van der Waals surface area contributed by atoms with Crippen LogP contribution in [0.4, 0.5) is 0 Å². The summed E-state index contributed by atoms with van der Waals surface area (Å²) in [5.41, 5.74) is 5.81. The molecule has 138 valence electrons. The van der Waals surface area contributed by atoms with Crippen LogP contribution in [0.3, 0.4) is 0 Å². The lowest BCUT2D eigenvalue weighted by Crippen LogP contribution is -2.74. The fourth-order valence-electron chi connectivity index (χ4n) is 2.79. The molecule has 0 saturated carbocycles. The molecule has 2 aliphatic heterocycles. The van der Waals surface area contributed by atoms with E-state index < -0.39 is 29.3 Å². The van der Waals surface area contributed by atoms with Crippen molar-refractivity contribution in [2.24, 2.45) is 5.73 Å². The van der Waals surface area contributed by atoms with Crippen molar-refractivity contribution in [2.75, 3.05) is 5.75 Å². The Balaban J connectivity index is 1.67. The molecular formula is C15H16N4O4S3. The van der Waals surface area contributed by atoms with Gasteiger partial charge in [-0.1, -0.05) is 17.8 Å². The maximum absolute atomic E-state index is 12.5. The number of thioether (sulfide) groups is 2. The number of aliphatic carboxylic acids is 1. The lowest BCUT2D eigenvalue weighted by Gasteiger charge is -2.51. The number of thiophene rings is 1. The molecule has 8 nitrogen and oxygen atoms in total. The summed E-state index contributed by atoms with van der Waals surface area (Å²) >= 11 is 3.77. The minimum atomic E-state index is -1.14. The summed E-state index contributed by atoms with van der Waals surface area (Å²) in [7, 11) is 0. The summed E-state index contributed by atoms with van der Waals surface area (Å²) in [6.45, 7) is 0. The number of amidine groups is 1. The fraction of sp³-hybridized carbons (Fsp3) is 0.333. The van der Waals surface area contributed by atoms with E-state index in [9.17, 15) is 19.5 Å². The monoisotopic (exact) mass is 412 g/mol. The van der Waals surface area contributed by atoms with Crippen molar-refractivity contribution < 1.29 is 19.5 Å². The first-order chi connectivity index (χ1) is 12.4. The number of carbonyl (C=O) groups excluding carboxylic acids is 2. The molecule has 1 aromatic rings. The van der Waals surface area contributed by atoms with Gasteiger partial charge >= 0.3 is 5.97 Å². The second-order valence-corrected chi connectivity index (χ2v) is 8.70. The first kappa shape index (κ1) is 18.8. The Kier molecular flexibility index (Phi) is 5.58. The van der Waals surface area contributed by atoms with E-state index in [4.69, 9.17) is 11.1 Å². The summed E-state index contributed by atoms with van der Waals surface area (Å²) in [5, 5.41) is 22.5. The van der Waals surface area contributed by atoms with Crippen LogP contribution in [0.25, 0.3) is 0 Å². The molecule has 3 heterocycles. The van der Waals surface area contributed by atoms with Crippen LogP contribution in [0.1, 0.15) is 4.88 Å². The van der Waals surface area contributed by atoms with E-state index in [1.165, 1.54) is 28.0 Å². The number of carboxylic acid groups (broad SMARTS) is 1. The Morgan fingerprint density at radius 3 is 2.85 bits per heavy atom. The number of fused-ring (bicyclic) bond motifs is 1. The van der Waals surface area contributed by atoms with Gasteiger partial charge in [-0.3, -0.25) is 15.0 Å². The number of nitrogens with two attached hydrogens (primary N) is 1. The Labute approximate surface area is 161 Å². The Morgan fingerprint density at radius 2 is 2.23 bits per heavy atom. The van der Waals surface area contributed by atoms with E-state index in [0.717, 1.165) is 16.6 Å². The molecule has 2 unspecified atom stereocenters. The van der Waals surface area contributed by atoms with Crippen LogP contribution in [-0.4, -0.2) is 56.2 Å². The molecular weight excluding hydrogens is 396 g/mol. The average Bonchev–Trinajstić information content (AvgIpc) is 3.09. The highest BCUT2D eigenvalue weighted by atomic mass is 32.2. The van der Waals surface area contributed by atoms with Gasteiger partial charge in [0.25, 0.3) is 0 Å². The van der Waals surface area contributed by atoms with E-state index in [1.54, 1.807) is 5.41 Å². The highest BCUT2D eigenvalue weighted by Gasteiger charge is 2.55. The number of nitrogens with one attached hydrogen (secondary N) is 2. The zero-order chi connectivity index (χ0) is 18.8. The summed E-state index contributed by atoms with van der Waals surface area (Å²) in [6, 6.07) is 1.87. The molecule has 0 radical (unpaired) electrons. The van der Waals surface area contributed by atoms with Crippen LogP contribution >= 0.6 is 34.9 Å². The number of rotatable bonds is 6. The van der Waals surface area contributed by atoms with Crippen molar-refractivity contribution in [1.29, 1.82) is 5.41 Å². The predicted molar refractivity (Wildman–Crippen MR) is 102 cm³/mol. The largest absolute Gasteiger partial charge is 0.479 e. The van der Waals surface area contributed by atoms with Crippen LogP contribution in [0.15, 0.2) is 28.5 Å². The van der Waals surface area contributed by atoms with Crippen LogP contribution in [0.5, 0.6) is 0 Å². The zero-order valence-electron chi connectivity index (χ0n) is 13.4. The maximum atomic E-state index is 12.5. The molecule has 0 aromatic carbocycles. The molecule has 2 amide bonds. The second-order valence-electron chi connectivity index (χ2n) is 5.66. The minimum Gasteiger partial charge on any atom is -0.479 e. The molecule has 11 heteroatoms. The van der Waals surface area contributed by atoms with Gasteiger partial charge in [0.15, 0.2) is 11.2 Å². The first-order valence-electron chi connectivity index (χ1n) is 7.56. The van der Waals surface area contributed by atoms with E-state index in [0.29, 0.717) is 5.57 Å². The molecule has 0 bridgehead atoms. The van der Waals surface area contributed by atoms with Crippen LogP contribution < -0.4 is 11.1 Å². The number of hydrogen-bond acceptors (Lipinski definition) is 7. The van der Waals surface area contributed by atoms with Gasteiger partial charge < -0.3 is 21.1 Å². The van der Waals surface area contributed by atoms with Crippen molar-refractivity contribution >= 4 is 57.8 Å². The Morgan fingerprint density at radius 1 is 1.46 bits per heavy atom. The molecule has 0 spiro atoms. The van der Waals surface area contributed by atoms with Crippen LogP contribution in [-0.2, 0) is 20.8 Å². The smallest absolute Gasteiger partial charge is 0.330 e. The van der Waals surface area contributed by atoms with Gasteiger partial charge in [0, 0.05) is 10.6 Å². The van der Waals surface area contributed by atoms with E-state index in [-0.39, 0.29) is 23.2 Å². The molecule has 1 aromatic heterocycles. The van der Waals surface area contributed by atoms with Gasteiger partial charge in [0.2, 0.25) is 11.8 Å². The van der Waals surface area contributed by atoms with Crippen molar-refractivity contribution in [3.05, 3.63) is 33.4 Å². The standard InChI is InChI=1S/C15H16N4O4S3/c16-15(17)26-6-7-5-25-13-10(12(21)19(13)11(7)14(22)23)18-9(20)4-8-2-1-3-24-8/h1-3,5,10-11,13H,4,6H2,(H3,16,17)(H,18,20)(H,22,23)/t10?,11?,13-/m0/s1. The van der Waals surface area contributed by atoms with Gasteiger partial charge in [-0.2, -0.15) is 0 Å². The highest BCUT2D eigenvalue weighted by molar-refractivity contribution is 8.13. The Hall–Kier alpha value is -1.98. The van der Waals surface area contributed by atoms with Crippen molar-refractivity contribution in [3.63, 3.8) is 0 Å². The molecule has 0 aliphatic carbocycles. The number of carboxylic acids is 1. The van der Waals surface area contributed by atoms with E-state index >= 15 is 0 Å². The van der Waals surface area contributed by atoms with Crippen molar-refractivity contribution in [1.82, 2.24) is 10.2 Å². The predicted octanol–water partition coefficient (Wildman–Crippen LogP) is 0.654.